The van der Waals surface area contributed by atoms with Gasteiger partial charge >= 0.3 is 0 Å². The van der Waals surface area contributed by atoms with Gasteiger partial charge in [0.05, 0.1) is 15.9 Å². The zero-order valence-corrected chi connectivity index (χ0v) is 12.0. The molecule has 1 aromatic carbocycles. The van der Waals surface area contributed by atoms with Crippen molar-refractivity contribution in [1.82, 2.24) is 25.3 Å². The van der Waals surface area contributed by atoms with Crippen molar-refractivity contribution in [3.63, 3.8) is 0 Å². The van der Waals surface area contributed by atoms with Gasteiger partial charge in [-0.25, -0.2) is 13.1 Å². The van der Waals surface area contributed by atoms with Crippen LogP contribution in [0.25, 0.3) is 0 Å². The molecule has 21 heavy (non-hydrogen) atoms. The Morgan fingerprint density at radius 3 is 2.71 bits per heavy atom. The van der Waals surface area contributed by atoms with E-state index in [1.165, 1.54) is 19.1 Å². The molecule has 0 aliphatic carbocycles. The van der Waals surface area contributed by atoms with Gasteiger partial charge in [0.15, 0.2) is 5.82 Å². The highest BCUT2D eigenvalue weighted by Crippen LogP contribution is 2.22. The Balaban J connectivity index is 2.35. The lowest BCUT2D eigenvalue weighted by atomic mass is 10.2. The lowest BCUT2D eigenvalue weighted by Crippen LogP contribution is -2.28. The summed E-state index contributed by atoms with van der Waals surface area (Å²) in [5.41, 5.74) is 0.0987. The summed E-state index contributed by atoms with van der Waals surface area (Å²) in [6.07, 6.45) is 0. The monoisotopic (exact) mass is 312 g/mol. The van der Waals surface area contributed by atoms with Gasteiger partial charge in [-0.05, 0) is 19.4 Å². The molecule has 1 aromatic heterocycles. The molecule has 10 nitrogen and oxygen atoms in total. The highest BCUT2D eigenvalue weighted by Gasteiger charge is 2.24. The predicted molar refractivity (Wildman–Crippen MR) is 70.7 cm³/mol. The summed E-state index contributed by atoms with van der Waals surface area (Å²) in [4.78, 5) is 9.95. The van der Waals surface area contributed by atoms with Crippen LogP contribution in [0.15, 0.2) is 23.1 Å². The number of hydrogen-bond acceptors (Lipinski definition) is 7. The van der Waals surface area contributed by atoms with Gasteiger partial charge in [-0.3, -0.25) is 10.1 Å². The number of nitro benzene ring substituents is 1. The van der Waals surface area contributed by atoms with E-state index in [9.17, 15) is 18.5 Å². The molecule has 0 fully saturated rings. The molecule has 0 spiro atoms. The molecule has 0 saturated carbocycles. The number of H-pyrrole nitrogens is 1. The number of aryl methyl sites for hydroxylation is 1. The first-order valence-electron chi connectivity index (χ1n) is 5.82. The van der Waals surface area contributed by atoms with E-state index in [4.69, 9.17) is 0 Å². The van der Waals surface area contributed by atoms with Crippen LogP contribution in [-0.4, -0.2) is 34.0 Å². The normalized spacial score (nSPS) is 13.0. The quantitative estimate of drug-likeness (QED) is 0.602. The minimum atomic E-state index is -3.95. The lowest BCUT2D eigenvalue weighted by Gasteiger charge is -2.12. The predicted octanol–water partition coefficient (Wildman–Crippen LogP) is 0.456. The van der Waals surface area contributed by atoms with Crippen LogP contribution < -0.4 is 4.72 Å². The zero-order valence-electron chi connectivity index (χ0n) is 11.1. The highest BCUT2D eigenvalue weighted by molar-refractivity contribution is 7.89. The van der Waals surface area contributed by atoms with Crippen molar-refractivity contribution in [2.75, 3.05) is 0 Å². The summed E-state index contributed by atoms with van der Waals surface area (Å²) in [5.74, 6) is 0.168. The number of aromatic amines is 1. The van der Waals surface area contributed by atoms with Gasteiger partial charge in [-0.2, -0.15) is 5.21 Å². The number of tetrazole rings is 1. The standard InChI is InChI=1S/C10H12N6O4S/c1-6-3-4-8(16(17)18)5-9(6)21(19,20)13-7(2)10-11-14-15-12-10/h3-5,7,13H,1-2H3,(H,11,12,14,15). The maximum absolute atomic E-state index is 12.3. The Kier molecular flexibility index (Phi) is 3.95. The number of nitrogens with one attached hydrogen (secondary N) is 2. The molecule has 0 aliphatic heterocycles. The van der Waals surface area contributed by atoms with Crippen LogP contribution >= 0.6 is 0 Å². The number of nitro groups is 1. The van der Waals surface area contributed by atoms with E-state index >= 15 is 0 Å². The summed E-state index contributed by atoms with van der Waals surface area (Å²) >= 11 is 0. The van der Waals surface area contributed by atoms with Gasteiger partial charge in [0.2, 0.25) is 10.0 Å². The molecule has 112 valence electrons. The van der Waals surface area contributed by atoms with Crippen LogP contribution in [0.4, 0.5) is 5.69 Å². The molecule has 0 bridgehead atoms. The second kappa shape index (κ2) is 5.54. The van der Waals surface area contributed by atoms with E-state index in [0.29, 0.717) is 5.56 Å². The van der Waals surface area contributed by atoms with Crippen molar-refractivity contribution >= 4 is 15.7 Å². The van der Waals surface area contributed by atoms with Gasteiger partial charge in [0, 0.05) is 12.1 Å². The summed E-state index contributed by atoms with van der Waals surface area (Å²) in [5, 5.41) is 23.7. The van der Waals surface area contributed by atoms with Gasteiger partial charge in [0.1, 0.15) is 0 Å². The third-order valence-corrected chi connectivity index (χ3v) is 4.44. The molecular formula is C10H12N6O4S. The van der Waals surface area contributed by atoms with Gasteiger partial charge < -0.3 is 0 Å². The van der Waals surface area contributed by atoms with Crippen LogP contribution in [0.1, 0.15) is 24.4 Å². The van der Waals surface area contributed by atoms with E-state index in [1.807, 2.05) is 0 Å². The molecule has 0 aliphatic rings. The largest absolute Gasteiger partial charge is 0.270 e. The highest BCUT2D eigenvalue weighted by atomic mass is 32.2. The first kappa shape index (κ1) is 15.0. The second-order valence-electron chi connectivity index (χ2n) is 4.32. The van der Waals surface area contributed by atoms with Gasteiger partial charge in [0.25, 0.3) is 5.69 Å². The smallest absolute Gasteiger partial charge is 0.258 e. The summed E-state index contributed by atoms with van der Waals surface area (Å²) in [7, 11) is -3.95. The van der Waals surface area contributed by atoms with E-state index in [0.717, 1.165) is 6.07 Å². The SMILES string of the molecule is Cc1ccc([N+](=O)[O-])cc1S(=O)(=O)NC(C)c1nn[nH]n1. The van der Waals surface area contributed by atoms with Crippen molar-refractivity contribution in [3.8, 4) is 0 Å². The fourth-order valence-electron chi connectivity index (χ4n) is 1.69. The number of rotatable bonds is 5. The molecule has 0 radical (unpaired) electrons. The molecular weight excluding hydrogens is 300 g/mol. The number of benzene rings is 1. The Labute approximate surface area is 119 Å². The summed E-state index contributed by atoms with van der Waals surface area (Å²) < 4.78 is 27.0. The van der Waals surface area contributed by atoms with Crippen LogP contribution in [0.2, 0.25) is 0 Å². The maximum atomic E-state index is 12.3. The van der Waals surface area contributed by atoms with E-state index < -0.39 is 21.0 Å². The summed E-state index contributed by atoms with van der Waals surface area (Å²) in [6, 6.07) is 2.91. The molecule has 0 amide bonds. The minimum Gasteiger partial charge on any atom is -0.258 e. The van der Waals surface area contributed by atoms with Gasteiger partial charge in [-0.1, -0.05) is 11.3 Å². The molecule has 1 unspecified atom stereocenters. The number of hydrogen-bond donors (Lipinski definition) is 2. The van der Waals surface area contributed by atoms with Crippen molar-refractivity contribution in [2.45, 2.75) is 24.8 Å². The van der Waals surface area contributed by atoms with E-state index in [-0.39, 0.29) is 16.4 Å². The fourth-order valence-corrected chi connectivity index (χ4v) is 3.16. The maximum Gasteiger partial charge on any atom is 0.270 e. The Hall–Kier alpha value is -2.40. The number of aromatic nitrogens is 4. The zero-order chi connectivity index (χ0) is 15.6. The van der Waals surface area contributed by atoms with Crippen LogP contribution in [0.5, 0.6) is 0 Å². The van der Waals surface area contributed by atoms with Crippen LogP contribution in [0.3, 0.4) is 0 Å². The molecule has 1 atom stereocenters. The van der Waals surface area contributed by atoms with E-state index in [1.54, 1.807) is 6.92 Å². The topological polar surface area (TPSA) is 144 Å². The summed E-state index contributed by atoms with van der Waals surface area (Å²) in [6.45, 7) is 3.09. The van der Waals surface area contributed by atoms with Crippen molar-refractivity contribution in [2.24, 2.45) is 0 Å². The molecule has 1 heterocycles. The fraction of sp³-hybridized carbons (Fsp3) is 0.300. The Morgan fingerprint density at radius 1 is 1.43 bits per heavy atom. The van der Waals surface area contributed by atoms with Crippen LogP contribution in [-0.2, 0) is 10.0 Å². The number of non-ortho nitro benzene ring substituents is 1. The molecule has 11 heteroatoms. The molecule has 2 N–H and O–H groups in total. The molecule has 0 saturated heterocycles. The van der Waals surface area contributed by atoms with Crippen molar-refractivity contribution in [3.05, 3.63) is 39.7 Å². The average Bonchev–Trinajstić information content (AvgIpc) is 2.92. The van der Waals surface area contributed by atoms with Crippen molar-refractivity contribution in [1.29, 1.82) is 0 Å². The van der Waals surface area contributed by atoms with E-state index in [2.05, 4.69) is 25.3 Å². The van der Waals surface area contributed by atoms with Crippen LogP contribution in [0, 0.1) is 17.0 Å². The number of sulfonamides is 1. The first-order valence-corrected chi connectivity index (χ1v) is 7.30. The Bertz CT molecular complexity index is 758. The van der Waals surface area contributed by atoms with Gasteiger partial charge in [-0.15, -0.1) is 10.2 Å². The molecule has 2 aromatic rings. The number of nitrogens with zero attached hydrogens (tertiary/aromatic N) is 4. The van der Waals surface area contributed by atoms with Crippen molar-refractivity contribution < 1.29 is 13.3 Å². The third kappa shape index (κ3) is 3.20. The lowest BCUT2D eigenvalue weighted by molar-refractivity contribution is -0.385. The Morgan fingerprint density at radius 2 is 2.14 bits per heavy atom. The minimum absolute atomic E-state index is 0.160. The third-order valence-electron chi connectivity index (χ3n) is 2.75. The molecule has 2 rings (SSSR count). The first-order chi connectivity index (χ1) is 9.81. The average molecular weight is 312 g/mol. The second-order valence-corrected chi connectivity index (χ2v) is 6.00.